The summed E-state index contributed by atoms with van der Waals surface area (Å²) in [6.07, 6.45) is -1.48. The van der Waals surface area contributed by atoms with Gasteiger partial charge in [-0.05, 0) is 6.92 Å². The Labute approximate surface area is 58.7 Å². The van der Waals surface area contributed by atoms with E-state index < -0.39 is 12.1 Å². The molecular weight excluding hydrogens is 136 g/mol. The first-order valence-electron chi connectivity index (χ1n) is 3.08. The lowest BCUT2D eigenvalue weighted by molar-refractivity contribution is -0.151. The third-order valence-corrected chi connectivity index (χ3v) is 1.51. The van der Waals surface area contributed by atoms with Gasteiger partial charge in [-0.15, -0.1) is 0 Å². The van der Waals surface area contributed by atoms with Gasteiger partial charge in [-0.3, -0.25) is 0 Å². The van der Waals surface area contributed by atoms with Gasteiger partial charge in [0.05, 0.1) is 13.2 Å². The SMILES string of the molecule is COC(=O)C(O)C1OC1C. The normalized spacial score (nSPS) is 33.1. The van der Waals surface area contributed by atoms with E-state index >= 15 is 0 Å². The highest BCUT2D eigenvalue weighted by Crippen LogP contribution is 2.24. The number of hydrogen-bond acceptors (Lipinski definition) is 4. The Morgan fingerprint density at radius 3 is 2.60 bits per heavy atom. The molecule has 0 saturated carbocycles. The van der Waals surface area contributed by atoms with Crippen molar-refractivity contribution in [3.8, 4) is 0 Å². The summed E-state index contributed by atoms with van der Waals surface area (Å²) in [6, 6.07) is 0. The summed E-state index contributed by atoms with van der Waals surface area (Å²) in [6.45, 7) is 1.79. The van der Waals surface area contributed by atoms with Crippen LogP contribution in [0.5, 0.6) is 0 Å². The zero-order valence-electron chi connectivity index (χ0n) is 5.90. The summed E-state index contributed by atoms with van der Waals surface area (Å²) < 4.78 is 9.14. The van der Waals surface area contributed by atoms with Crippen molar-refractivity contribution in [1.29, 1.82) is 0 Å². The first kappa shape index (κ1) is 7.50. The molecule has 0 aromatic heterocycles. The van der Waals surface area contributed by atoms with Crippen LogP contribution in [0.4, 0.5) is 0 Å². The molecule has 0 aromatic rings. The number of carbonyl (C=O) groups is 1. The number of carbonyl (C=O) groups excluding carboxylic acids is 1. The fourth-order valence-corrected chi connectivity index (χ4v) is 0.788. The van der Waals surface area contributed by atoms with E-state index in [1.54, 1.807) is 6.92 Å². The third kappa shape index (κ3) is 1.27. The van der Waals surface area contributed by atoms with Crippen molar-refractivity contribution in [2.45, 2.75) is 25.2 Å². The lowest BCUT2D eigenvalue weighted by Gasteiger charge is -2.02. The maximum atomic E-state index is 10.6. The lowest BCUT2D eigenvalue weighted by Crippen LogP contribution is -2.28. The van der Waals surface area contributed by atoms with Gasteiger partial charge in [0.15, 0.2) is 6.10 Å². The van der Waals surface area contributed by atoms with E-state index in [-0.39, 0.29) is 12.2 Å². The largest absolute Gasteiger partial charge is 0.467 e. The molecule has 1 rings (SSSR count). The number of ether oxygens (including phenoxy) is 2. The molecule has 1 aliphatic heterocycles. The second kappa shape index (κ2) is 2.56. The van der Waals surface area contributed by atoms with Gasteiger partial charge >= 0.3 is 5.97 Å². The third-order valence-electron chi connectivity index (χ3n) is 1.51. The molecule has 3 unspecified atom stereocenters. The second-order valence-corrected chi connectivity index (χ2v) is 2.27. The van der Waals surface area contributed by atoms with Crippen molar-refractivity contribution >= 4 is 5.97 Å². The molecule has 1 saturated heterocycles. The van der Waals surface area contributed by atoms with Crippen LogP contribution in [0.25, 0.3) is 0 Å². The summed E-state index contributed by atoms with van der Waals surface area (Å²) in [5.41, 5.74) is 0. The van der Waals surface area contributed by atoms with Crippen LogP contribution in [-0.4, -0.2) is 36.5 Å². The summed E-state index contributed by atoms with van der Waals surface area (Å²) >= 11 is 0. The Morgan fingerprint density at radius 2 is 2.30 bits per heavy atom. The van der Waals surface area contributed by atoms with Crippen LogP contribution in [-0.2, 0) is 14.3 Å². The maximum absolute atomic E-state index is 10.6. The first-order chi connectivity index (χ1) is 4.66. The van der Waals surface area contributed by atoms with Crippen LogP contribution >= 0.6 is 0 Å². The Bertz CT molecular complexity index is 145. The molecular formula is C6H10O4. The van der Waals surface area contributed by atoms with E-state index in [0.29, 0.717) is 0 Å². The fraction of sp³-hybridized carbons (Fsp3) is 0.833. The Hall–Kier alpha value is -0.610. The van der Waals surface area contributed by atoms with Crippen LogP contribution < -0.4 is 0 Å². The molecule has 0 spiro atoms. The van der Waals surface area contributed by atoms with Crippen molar-refractivity contribution in [3.05, 3.63) is 0 Å². The molecule has 1 fully saturated rings. The second-order valence-electron chi connectivity index (χ2n) is 2.27. The molecule has 58 valence electrons. The highest BCUT2D eigenvalue weighted by molar-refractivity contribution is 5.75. The van der Waals surface area contributed by atoms with E-state index in [1.807, 2.05) is 0 Å². The van der Waals surface area contributed by atoms with Crippen LogP contribution in [0.2, 0.25) is 0 Å². The number of epoxide rings is 1. The predicted octanol–water partition coefficient (Wildman–Crippen LogP) is -0.692. The van der Waals surface area contributed by atoms with Gasteiger partial charge in [-0.1, -0.05) is 0 Å². The molecule has 0 bridgehead atoms. The first-order valence-corrected chi connectivity index (χ1v) is 3.08. The molecule has 4 nitrogen and oxygen atoms in total. The number of methoxy groups -OCH3 is 1. The smallest absolute Gasteiger partial charge is 0.337 e. The van der Waals surface area contributed by atoms with Gasteiger partial charge in [0, 0.05) is 0 Å². The number of hydrogen-bond donors (Lipinski definition) is 1. The summed E-state index contributed by atoms with van der Waals surface area (Å²) in [4.78, 5) is 10.6. The molecule has 0 amide bonds. The van der Waals surface area contributed by atoms with Crippen LogP contribution in [0.15, 0.2) is 0 Å². The van der Waals surface area contributed by atoms with Crippen LogP contribution in [0, 0.1) is 0 Å². The molecule has 10 heavy (non-hydrogen) atoms. The van der Waals surface area contributed by atoms with Crippen molar-refractivity contribution < 1.29 is 19.4 Å². The Balaban J connectivity index is 2.34. The Kier molecular flexibility index (Phi) is 1.92. The maximum Gasteiger partial charge on any atom is 0.337 e. The van der Waals surface area contributed by atoms with Gasteiger partial charge < -0.3 is 14.6 Å². The van der Waals surface area contributed by atoms with Gasteiger partial charge in [-0.25, -0.2) is 4.79 Å². The zero-order chi connectivity index (χ0) is 7.72. The van der Waals surface area contributed by atoms with Gasteiger partial charge in [0.25, 0.3) is 0 Å². The molecule has 3 atom stereocenters. The van der Waals surface area contributed by atoms with Crippen molar-refractivity contribution in [2.75, 3.05) is 7.11 Å². The standard InChI is InChI=1S/C6H10O4/c1-3-5(10-3)4(7)6(8)9-2/h3-5,7H,1-2H3. The fourth-order valence-electron chi connectivity index (χ4n) is 0.788. The lowest BCUT2D eigenvalue weighted by atomic mass is 10.2. The van der Waals surface area contributed by atoms with E-state index in [0.717, 1.165) is 0 Å². The van der Waals surface area contributed by atoms with Gasteiger partial charge in [-0.2, -0.15) is 0 Å². The number of esters is 1. The Morgan fingerprint density at radius 1 is 1.80 bits per heavy atom. The summed E-state index contributed by atoms with van der Waals surface area (Å²) in [5, 5.41) is 9.03. The van der Waals surface area contributed by atoms with Crippen molar-refractivity contribution in [1.82, 2.24) is 0 Å². The minimum absolute atomic E-state index is 0.0194. The van der Waals surface area contributed by atoms with Crippen LogP contribution in [0.1, 0.15) is 6.92 Å². The molecule has 0 radical (unpaired) electrons. The van der Waals surface area contributed by atoms with E-state index in [4.69, 9.17) is 9.84 Å². The van der Waals surface area contributed by atoms with Gasteiger partial charge in [0.2, 0.25) is 0 Å². The van der Waals surface area contributed by atoms with E-state index in [1.165, 1.54) is 7.11 Å². The van der Waals surface area contributed by atoms with E-state index in [9.17, 15) is 4.79 Å². The highest BCUT2D eigenvalue weighted by atomic mass is 16.6. The number of rotatable bonds is 2. The number of aliphatic hydroxyl groups excluding tert-OH is 1. The molecule has 4 heteroatoms. The molecule has 1 aliphatic rings. The van der Waals surface area contributed by atoms with Gasteiger partial charge in [0.1, 0.15) is 6.10 Å². The average molecular weight is 146 g/mol. The molecule has 1 heterocycles. The number of aliphatic hydroxyl groups is 1. The minimum Gasteiger partial charge on any atom is -0.467 e. The topological polar surface area (TPSA) is 59.1 Å². The molecule has 0 aromatic carbocycles. The van der Waals surface area contributed by atoms with E-state index in [2.05, 4.69) is 4.74 Å². The highest BCUT2D eigenvalue weighted by Gasteiger charge is 2.44. The average Bonchev–Trinajstić information content (AvgIpc) is 2.63. The molecule has 1 N–H and O–H groups in total. The van der Waals surface area contributed by atoms with Crippen LogP contribution in [0.3, 0.4) is 0 Å². The minimum atomic E-state index is -1.11. The predicted molar refractivity (Wildman–Crippen MR) is 32.4 cm³/mol. The zero-order valence-corrected chi connectivity index (χ0v) is 5.90. The monoisotopic (exact) mass is 146 g/mol. The van der Waals surface area contributed by atoms with Crippen molar-refractivity contribution in [3.63, 3.8) is 0 Å². The summed E-state index contributed by atoms with van der Waals surface area (Å²) in [7, 11) is 1.23. The summed E-state index contributed by atoms with van der Waals surface area (Å²) in [5.74, 6) is -0.630. The van der Waals surface area contributed by atoms with Crippen molar-refractivity contribution in [2.24, 2.45) is 0 Å². The quantitative estimate of drug-likeness (QED) is 0.413. The molecule has 0 aliphatic carbocycles.